The van der Waals surface area contributed by atoms with Crippen molar-refractivity contribution >= 4 is 5.91 Å². The highest BCUT2D eigenvalue weighted by atomic mass is 19.1. The van der Waals surface area contributed by atoms with Crippen LogP contribution in [0.2, 0.25) is 0 Å². The van der Waals surface area contributed by atoms with Crippen molar-refractivity contribution in [1.82, 2.24) is 4.90 Å². The SMILES string of the molecule is CCCCN(C)C(=O)C1CC1c1ccc(F)cc1. The standard InChI is InChI=1S/C15H20FNO/c1-3-4-9-17(2)15(18)14-10-13(14)11-5-7-12(16)8-6-11/h5-8,13-14H,3-4,9-10H2,1-2H3. The summed E-state index contributed by atoms with van der Waals surface area (Å²) in [5.74, 6) is 0.416. The Morgan fingerprint density at radius 3 is 2.67 bits per heavy atom. The predicted octanol–water partition coefficient (Wildman–Crippen LogP) is 3.19. The lowest BCUT2D eigenvalue weighted by Crippen LogP contribution is -2.29. The van der Waals surface area contributed by atoms with Crippen LogP contribution < -0.4 is 0 Å². The minimum atomic E-state index is -0.220. The fourth-order valence-electron chi connectivity index (χ4n) is 2.33. The zero-order valence-electron chi connectivity index (χ0n) is 11.0. The number of unbranched alkanes of at least 4 members (excludes halogenated alkanes) is 1. The highest BCUT2D eigenvalue weighted by Gasteiger charge is 2.44. The summed E-state index contributed by atoms with van der Waals surface area (Å²) in [4.78, 5) is 13.9. The van der Waals surface area contributed by atoms with Crippen LogP contribution in [0.15, 0.2) is 24.3 Å². The monoisotopic (exact) mass is 249 g/mol. The molecular formula is C15H20FNO. The van der Waals surface area contributed by atoms with E-state index in [2.05, 4.69) is 6.92 Å². The second kappa shape index (κ2) is 5.51. The molecule has 0 radical (unpaired) electrons. The zero-order valence-corrected chi connectivity index (χ0v) is 11.0. The van der Waals surface area contributed by atoms with E-state index >= 15 is 0 Å². The van der Waals surface area contributed by atoms with Gasteiger partial charge in [-0.05, 0) is 36.5 Å². The van der Waals surface area contributed by atoms with Gasteiger partial charge in [0, 0.05) is 19.5 Å². The van der Waals surface area contributed by atoms with Gasteiger partial charge in [0.2, 0.25) is 5.91 Å². The molecule has 2 nitrogen and oxygen atoms in total. The Kier molecular flexibility index (Phi) is 4.00. The van der Waals surface area contributed by atoms with E-state index in [4.69, 9.17) is 0 Å². The first-order chi connectivity index (χ1) is 8.63. The summed E-state index contributed by atoms with van der Waals surface area (Å²) in [5, 5.41) is 0. The van der Waals surface area contributed by atoms with Crippen LogP contribution in [0.5, 0.6) is 0 Å². The number of hydrogen-bond acceptors (Lipinski definition) is 1. The maximum absolute atomic E-state index is 12.8. The number of hydrogen-bond donors (Lipinski definition) is 0. The Bertz CT molecular complexity index is 415. The molecule has 2 unspecified atom stereocenters. The Balaban J connectivity index is 1.90. The van der Waals surface area contributed by atoms with Gasteiger partial charge in [-0.25, -0.2) is 4.39 Å². The fraction of sp³-hybridized carbons (Fsp3) is 0.533. The lowest BCUT2D eigenvalue weighted by Gasteiger charge is -2.16. The molecule has 0 bridgehead atoms. The number of carbonyl (C=O) groups is 1. The van der Waals surface area contributed by atoms with Gasteiger partial charge < -0.3 is 4.90 Å². The maximum atomic E-state index is 12.8. The average Bonchev–Trinajstić information content (AvgIpc) is 3.16. The van der Waals surface area contributed by atoms with Crippen LogP contribution >= 0.6 is 0 Å². The minimum Gasteiger partial charge on any atom is -0.346 e. The van der Waals surface area contributed by atoms with Crippen molar-refractivity contribution in [2.75, 3.05) is 13.6 Å². The van der Waals surface area contributed by atoms with Gasteiger partial charge in [-0.15, -0.1) is 0 Å². The Labute approximate surface area is 108 Å². The molecule has 3 heteroatoms. The molecule has 18 heavy (non-hydrogen) atoms. The molecule has 0 aromatic heterocycles. The molecule has 0 aliphatic heterocycles. The van der Waals surface area contributed by atoms with Gasteiger partial charge in [-0.2, -0.15) is 0 Å². The summed E-state index contributed by atoms with van der Waals surface area (Å²) in [6, 6.07) is 6.52. The van der Waals surface area contributed by atoms with Gasteiger partial charge >= 0.3 is 0 Å². The molecule has 2 rings (SSSR count). The molecule has 2 atom stereocenters. The summed E-state index contributed by atoms with van der Waals surface area (Å²) in [6.07, 6.45) is 3.06. The molecule has 0 spiro atoms. The lowest BCUT2D eigenvalue weighted by atomic mass is 10.1. The van der Waals surface area contributed by atoms with Crippen LogP contribution in [0.1, 0.15) is 37.7 Å². The van der Waals surface area contributed by atoms with Crippen LogP contribution in [0, 0.1) is 11.7 Å². The van der Waals surface area contributed by atoms with E-state index in [1.54, 1.807) is 12.1 Å². The molecule has 1 saturated carbocycles. The second-order valence-corrected chi connectivity index (χ2v) is 5.11. The summed E-state index contributed by atoms with van der Waals surface area (Å²) in [7, 11) is 1.87. The van der Waals surface area contributed by atoms with Gasteiger partial charge in [0.15, 0.2) is 0 Å². The number of benzene rings is 1. The Hall–Kier alpha value is -1.38. The van der Waals surface area contributed by atoms with Gasteiger partial charge in [0.25, 0.3) is 0 Å². The predicted molar refractivity (Wildman–Crippen MR) is 69.8 cm³/mol. The number of rotatable bonds is 5. The Morgan fingerprint density at radius 1 is 1.39 bits per heavy atom. The van der Waals surface area contributed by atoms with Crippen molar-refractivity contribution in [2.24, 2.45) is 5.92 Å². The summed E-state index contributed by atoms with van der Waals surface area (Å²) in [6.45, 7) is 2.96. The first kappa shape index (κ1) is 13.1. The van der Waals surface area contributed by atoms with Gasteiger partial charge in [0.05, 0.1) is 0 Å². The third-order valence-corrected chi connectivity index (χ3v) is 3.63. The largest absolute Gasteiger partial charge is 0.346 e. The number of carbonyl (C=O) groups excluding carboxylic acids is 1. The van der Waals surface area contributed by atoms with Crippen molar-refractivity contribution in [3.8, 4) is 0 Å². The van der Waals surface area contributed by atoms with E-state index in [1.807, 2.05) is 11.9 Å². The summed E-state index contributed by atoms with van der Waals surface area (Å²) >= 11 is 0. The fourth-order valence-corrected chi connectivity index (χ4v) is 2.33. The number of nitrogens with zero attached hydrogens (tertiary/aromatic N) is 1. The van der Waals surface area contributed by atoms with Crippen LogP contribution in [-0.4, -0.2) is 24.4 Å². The van der Waals surface area contributed by atoms with Crippen LogP contribution in [0.25, 0.3) is 0 Å². The molecule has 0 N–H and O–H groups in total. The molecule has 1 aliphatic rings. The topological polar surface area (TPSA) is 20.3 Å². The van der Waals surface area contributed by atoms with Crippen molar-refractivity contribution in [3.63, 3.8) is 0 Å². The average molecular weight is 249 g/mol. The second-order valence-electron chi connectivity index (χ2n) is 5.11. The van der Waals surface area contributed by atoms with E-state index < -0.39 is 0 Å². The van der Waals surface area contributed by atoms with Crippen molar-refractivity contribution in [1.29, 1.82) is 0 Å². The van der Waals surface area contributed by atoms with E-state index in [9.17, 15) is 9.18 Å². The smallest absolute Gasteiger partial charge is 0.226 e. The quantitative estimate of drug-likeness (QED) is 0.784. The van der Waals surface area contributed by atoms with Gasteiger partial charge in [0.1, 0.15) is 5.82 Å². The van der Waals surface area contributed by atoms with Crippen molar-refractivity contribution in [3.05, 3.63) is 35.6 Å². The minimum absolute atomic E-state index is 0.109. The zero-order chi connectivity index (χ0) is 13.1. The summed E-state index contributed by atoms with van der Waals surface area (Å²) < 4.78 is 12.8. The number of amides is 1. The molecule has 1 amide bonds. The molecule has 1 aliphatic carbocycles. The van der Waals surface area contributed by atoms with Crippen LogP contribution in [-0.2, 0) is 4.79 Å². The maximum Gasteiger partial charge on any atom is 0.226 e. The molecule has 98 valence electrons. The van der Waals surface area contributed by atoms with Crippen molar-refractivity contribution in [2.45, 2.75) is 32.1 Å². The summed E-state index contributed by atoms with van der Waals surface area (Å²) in [5.41, 5.74) is 1.08. The van der Waals surface area contributed by atoms with E-state index in [-0.39, 0.29) is 17.6 Å². The van der Waals surface area contributed by atoms with Gasteiger partial charge in [-0.1, -0.05) is 25.5 Å². The van der Waals surface area contributed by atoms with E-state index in [0.717, 1.165) is 31.4 Å². The third-order valence-electron chi connectivity index (χ3n) is 3.63. The molecule has 1 aromatic carbocycles. The first-order valence-corrected chi connectivity index (χ1v) is 6.64. The van der Waals surface area contributed by atoms with Crippen LogP contribution in [0.4, 0.5) is 4.39 Å². The highest BCUT2D eigenvalue weighted by Crippen LogP contribution is 2.48. The van der Waals surface area contributed by atoms with Gasteiger partial charge in [-0.3, -0.25) is 4.79 Å². The molecule has 1 fully saturated rings. The highest BCUT2D eigenvalue weighted by molar-refractivity contribution is 5.82. The molecule has 1 aromatic rings. The van der Waals surface area contributed by atoms with Crippen molar-refractivity contribution < 1.29 is 9.18 Å². The third kappa shape index (κ3) is 2.89. The number of halogens is 1. The lowest BCUT2D eigenvalue weighted by molar-refractivity contribution is -0.131. The van der Waals surface area contributed by atoms with E-state index in [0.29, 0.717) is 5.92 Å². The van der Waals surface area contributed by atoms with E-state index in [1.165, 1.54) is 12.1 Å². The first-order valence-electron chi connectivity index (χ1n) is 6.64. The normalized spacial score (nSPS) is 21.7. The molecule has 0 saturated heterocycles. The molecule has 0 heterocycles. The Morgan fingerprint density at radius 2 is 2.06 bits per heavy atom. The van der Waals surface area contributed by atoms with Crippen LogP contribution in [0.3, 0.4) is 0 Å². The molecular weight excluding hydrogens is 229 g/mol.